The summed E-state index contributed by atoms with van der Waals surface area (Å²) in [5, 5.41) is 0. The molecule has 0 aliphatic heterocycles. The lowest BCUT2D eigenvalue weighted by Crippen LogP contribution is -2.03. The predicted molar refractivity (Wildman–Crippen MR) is 77.5 cm³/mol. The highest BCUT2D eigenvalue weighted by molar-refractivity contribution is 9.10. The fourth-order valence-corrected chi connectivity index (χ4v) is 3.21. The van der Waals surface area contributed by atoms with E-state index in [2.05, 4.69) is 58.4 Å². The Morgan fingerprint density at radius 2 is 1.88 bits per heavy atom. The van der Waals surface area contributed by atoms with Gasteiger partial charge in [-0.1, -0.05) is 52.0 Å². The molecular weight excluding hydrogens is 294 g/mol. The Morgan fingerprint density at radius 1 is 1.06 bits per heavy atom. The number of hydrogen-bond donors (Lipinski definition) is 1. The van der Waals surface area contributed by atoms with Crippen LogP contribution in [0.15, 0.2) is 62.8 Å². The first-order chi connectivity index (χ1) is 8.29. The molecular formula is C14H14BrNS. The number of benzene rings is 2. The van der Waals surface area contributed by atoms with Crippen LogP contribution in [0.4, 0.5) is 0 Å². The van der Waals surface area contributed by atoms with Crippen molar-refractivity contribution in [2.45, 2.75) is 16.2 Å². The van der Waals surface area contributed by atoms with Crippen molar-refractivity contribution in [2.24, 2.45) is 5.73 Å². The molecule has 0 atom stereocenters. The van der Waals surface area contributed by atoms with Crippen LogP contribution in [0.3, 0.4) is 0 Å². The van der Waals surface area contributed by atoms with Crippen LogP contribution in [0, 0.1) is 0 Å². The summed E-state index contributed by atoms with van der Waals surface area (Å²) in [7, 11) is 0. The zero-order chi connectivity index (χ0) is 12.1. The number of hydrogen-bond acceptors (Lipinski definition) is 2. The third kappa shape index (κ3) is 3.60. The Balaban J connectivity index is 2.23. The molecule has 0 radical (unpaired) electrons. The first-order valence-corrected chi connectivity index (χ1v) is 7.12. The van der Waals surface area contributed by atoms with Gasteiger partial charge in [-0.2, -0.15) is 0 Å². The van der Waals surface area contributed by atoms with Gasteiger partial charge in [-0.05, 0) is 42.8 Å². The van der Waals surface area contributed by atoms with Gasteiger partial charge in [0.2, 0.25) is 0 Å². The molecule has 0 amide bonds. The van der Waals surface area contributed by atoms with Gasteiger partial charge in [0, 0.05) is 14.3 Å². The summed E-state index contributed by atoms with van der Waals surface area (Å²) in [5.74, 6) is 0. The second-order valence-electron chi connectivity index (χ2n) is 3.71. The molecule has 0 fully saturated rings. The van der Waals surface area contributed by atoms with Crippen LogP contribution in [-0.4, -0.2) is 6.54 Å². The topological polar surface area (TPSA) is 26.0 Å². The van der Waals surface area contributed by atoms with E-state index in [-0.39, 0.29) is 0 Å². The number of halogens is 1. The second-order valence-corrected chi connectivity index (χ2v) is 5.74. The van der Waals surface area contributed by atoms with E-state index in [1.165, 1.54) is 15.4 Å². The molecule has 2 aromatic rings. The molecule has 2 N–H and O–H groups in total. The fraction of sp³-hybridized carbons (Fsp3) is 0.143. The van der Waals surface area contributed by atoms with Crippen molar-refractivity contribution in [1.82, 2.24) is 0 Å². The summed E-state index contributed by atoms with van der Waals surface area (Å²) >= 11 is 5.27. The van der Waals surface area contributed by atoms with Crippen molar-refractivity contribution in [3.05, 3.63) is 58.6 Å². The van der Waals surface area contributed by atoms with Crippen LogP contribution in [0.25, 0.3) is 0 Å². The monoisotopic (exact) mass is 307 g/mol. The molecule has 0 saturated heterocycles. The molecule has 1 nitrogen and oxygen atoms in total. The van der Waals surface area contributed by atoms with Crippen LogP contribution < -0.4 is 5.73 Å². The van der Waals surface area contributed by atoms with Gasteiger partial charge in [-0.15, -0.1) is 0 Å². The molecule has 0 aliphatic carbocycles. The van der Waals surface area contributed by atoms with Gasteiger partial charge in [-0.25, -0.2) is 0 Å². The summed E-state index contributed by atoms with van der Waals surface area (Å²) in [4.78, 5) is 2.53. The van der Waals surface area contributed by atoms with Crippen molar-refractivity contribution in [2.75, 3.05) is 6.54 Å². The zero-order valence-electron chi connectivity index (χ0n) is 9.40. The van der Waals surface area contributed by atoms with Crippen LogP contribution >= 0.6 is 27.7 Å². The fourth-order valence-electron chi connectivity index (χ4n) is 1.62. The van der Waals surface area contributed by atoms with E-state index in [0.29, 0.717) is 6.54 Å². The van der Waals surface area contributed by atoms with Gasteiger partial charge >= 0.3 is 0 Å². The van der Waals surface area contributed by atoms with Crippen molar-refractivity contribution < 1.29 is 0 Å². The number of rotatable bonds is 4. The van der Waals surface area contributed by atoms with Crippen molar-refractivity contribution in [3.63, 3.8) is 0 Å². The molecule has 0 heterocycles. The molecule has 0 spiro atoms. The molecule has 0 aromatic heterocycles. The Labute approximate surface area is 115 Å². The van der Waals surface area contributed by atoms with Gasteiger partial charge < -0.3 is 5.73 Å². The Hall–Kier alpha value is -0.770. The van der Waals surface area contributed by atoms with Gasteiger partial charge in [-0.3, -0.25) is 0 Å². The van der Waals surface area contributed by atoms with Crippen molar-refractivity contribution in [3.8, 4) is 0 Å². The largest absolute Gasteiger partial charge is 0.330 e. The van der Waals surface area contributed by atoms with Crippen LogP contribution in [0.5, 0.6) is 0 Å². The van der Waals surface area contributed by atoms with Crippen molar-refractivity contribution in [1.29, 1.82) is 0 Å². The zero-order valence-corrected chi connectivity index (χ0v) is 11.8. The SMILES string of the molecule is NCCc1ccccc1Sc1cccc(Br)c1. The van der Waals surface area contributed by atoms with E-state index < -0.39 is 0 Å². The maximum Gasteiger partial charge on any atom is 0.0186 e. The van der Waals surface area contributed by atoms with Crippen LogP contribution in [-0.2, 0) is 6.42 Å². The Morgan fingerprint density at radius 3 is 2.65 bits per heavy atom. The minimum absolute atomic E-state index is 0.691. The molecule has 2 aromatic carbocycles. The van der Waals surface area contributed by atoms with E-state index in [0.717, 1.165) is 10.9 Å². The van der Waals surface area contributed by atoms with E-state index >= 15 is 0 Å². The standard InChI is InChI=1S/C14H14BrNS/c15-12-5-3-6-13(10-12)17-14-7-2-1-4-11(14)8-9-16/h1-7,10H,8-9,16H2. The van der Waals surface area contributed by atoms with E-state index in [1.807, 2.05) is 6.07 Å². The van der Waals surface area contributed by atoms with Crippen LogP contribution in [0.1, 0.15) is 5.56 Å². The minimum Gasteiger partial charge on any atom is -0.330 e. The normalized spacial score (nSPS) is 10.5. The molecule has 3 heteroatoms. The van der Waals surface area contributed by atoms with Gasteiger partial charge in [0.1, 0.15) is 0 Å². The molecule has 0 bridgehead atoms. The molecule has 0 saturated carbocycles. The molecule has 0 aliphatic rings. The molecule has 88 valence electrons. The Bertz CT molecular complexity index is 499. The van der Waals surface area contributed by atoms with E-state index in [4.69, 9.17) is 5.73 Å². The average Bonchev–Trinajstić information content (AvgIpc) is 2.32. The second kappa shape index (κ2) is 6.24. The minimum atomic E-state index is 0.691. The van der Waals surface area contributed by atoms with Crippen molar-refractivity contribution >= 4 is 27.7 Å². The number of nitrogens with two attached hydrogens (primary N) is 1. The predicted octanol–water partition coefficient (Wildman–Crippen LogP) is 4.10. The summed E-state index contributed by atoms with van der Waals surface area (Å²) in [6, 6.07) is 16.8. The third-order valence-electron chi connectivity index (χ3n) is 2.41. The smallest absolute Gasteiger partial charge is 0.0186 e. The van der Waals surface area contributed by atoms with Gasteiger partial charge in [0.25, 0.3) is 0 Å². The molecule has 2 rings (SSSR count). The quantitative estimate of drug-likeness (QED) is 0.920. The lowest BCUT2D eigenvalue weighted by Gasteiger charge is -2.08. The lowest BCUT2D eigenvalue weighted by atomic mass is 10.1. The molecule has 0 unspecified atom stereocenters. The van der Waals surface area contributed by atoms with E-state index in [1.54, 1.807) is 11.8 Å². The summed E-state index contributed by atoms with van der Waals surface area (Å²) in [6.45, 7) is 0.691. The average molecular weight is 308 g/mol. The molecule has 17 heavy (non-hydrogen) atoms. The van der Waals surface area contributed by atoms with Gasteiger partial charge in [0.15, 0.2) is 0 Å². The first kappa shape index (κ1) is 12.7. The highest BCUT2D eigenvalue weighted by Crippen LogP contribution is 2.31. The summed E-state index contributed by atoms with van der Waals surface area (Å²) in [5.41, 5.74) is 6.95. The lowest BCUT2D eigenvalue weighted by molar-refractivity contribution is 0.944. The maximum atomic E-state index is 5.63. The maximum absolute atomic E-state index is 5.63. The highest BCUT2D eigenvalue weighted by Gasteiger charge is 2.03. The summed E-state index contributed by atoms with van der Waals surface area (Å²) < 4.78 is 1.11. The summed E-state index contributed by atoms with van der Waals surface area (Å²) in [6.07, 6.45) is 0.928. The highest BCUT2D eigenvalue weighted by atomic mass is 79.9. The van der Waals surface area contributed by atoms with E-state index in [9.17, 15) is 0 Å². The third-order valence-corrected chi connectivity index (χ3v) is 4.01. The Kier molecular flexibility index (Phi) is 4.66. The first-order valence-electron chi connectivity index (χ1n) is 5.51. The van der Waals surface area contributed by atoms with Crippen LogP contribution in [0.2, 0.25) is 0 Å². The van der Waals surface area contributed by atoms with Gasteiger partial charge in [0.05, 0.1) is 0 Å².